The van der Waals surface area contributed by atoms with Crippen molar-refractivity contribution in [1.29, 1.82) is 0 Å². The Kier molecular flexibility index (Phi) is 2.80. The third-order valence-electron chi connectivity index (χ3n) is 7.89. The summed E-state index contributed by atoms with van der Waals surface area (Å²) in [5.74, 6) is 0. The molecule has 9 aromatic carbocycles. The molecule has 194 valence electrons. The smallest absolute Gasteiger partial charge is 0.0616 e. The predicted octanol–water partition coefficient (Wildman–Crippen LogP) is 11.9. The molecule has 0 aromatic heterocycles. The lowest BCUT2D eigenvalue weighted by Crippen LogP contribution is -1.92. The quantitative estimate of drug-likeness (QED) is 0.150. The molecule has 0 atom stereocenters. The van der Waals surface area contributed by atoms with Crippen molar-refractivity contribution in [2.45, 2.75) is 0 Å². The zero-order valence-corrected chi connectivity index (χ0v) is 21.9. The largest absolute Gasteiger partial charge is 0.0636 e. The van der Waals surface area contributed by atoms with Crippen LogP contribution in [0.5, 0.6) is 0 Å². The fraction of sp³-hybridized carbons (Fsp3) is 0. The molecule has 0 fully saturated rings. The third-order valence-corrected chi connectivity index (χ3v) is 7.89. The summed E-state index contributed by atoms with van der Waals surface area (Å²) in [6.07, 6.45) is 0. The van der Waals surface area contributed by atoms with Crippen molar-refractivity contribution in [3.63, 3.8) is 0 Å². The Bertz CT molecular complexity index is 3270. The van der Waals surface area contributed by atoms with Crippen molar-refractivity contribution in [1.82, 2.24) is 0 Å². The van der Waals surface area contributed by atoms with Crippen LogP contribution in [-0.2, 0) is 0 Å². The lowest BCUT2D eigenvalue weighted by atomic mass is 9.83. The van der Waals surface area contributed by atoms with E-state index >= 15 is 0 Å². The van der Waals surface area contributed by atoms with E-state index < -0.39 is 107 Å². The Hall–Kier alpha value is -5.46. The molecule has 0 heteroatoms. The highest BCUT2D eigenvalue weighted by Gasteiger charge is 2.19. The summed E-state index contributed by atoms with van der Waals surface area (Å²) >= 11 is 0. The molecule has 0 spiro atoms. The molecule has 0 N–H and O–H groups in total. The number of rotatable bonds is 2. The lowest BCUT2D eigenvalue weighted by Gasteiger charge is -2.20. The molecule has 0 saturated heterocycles. The number of fused-ring (bicyclic) bond motifs is 8. The zero-order chi connectivity index (χ0) is 40.7. The Morgan fingerprint density at radius 2 is 0.952 bits per heavy atom. The van der Waals surface area contributed by atoms with E-state index in [2.05, 4.69) is 0 Å². The Labute approximate surface area is 265 Å². The van der Waals surface area contributed by atoms with Crippen molar-refractivity contribution in [2.75, 3.05) is 0 Å². The summed E-state index contributed by atoms with van der Waals surface area (Å²) < 4.78 is 135. The van der Waals surface area contributed by atoms with Crippen molar-refractivity contribution in [3.8, 4) is 22.3 Å². The first-order valence-electron chi connectivity index (χ1n) is 20.9. The van der Waals surface area contributed by atoms with Crippen LogP contribution in [0.15, 0.2) is 157 Å². The van der Waals surface area contributed by atoms with Crippen LogP contribution in [0.2, 0.25) is 0 Å². The first kappa shape index (κ1) is 13.0. The molecular formula is C42H26. The molecule has 0 nitrogen and oxygen atoms in total. The van der Waals surface area contributed by atoms with E-state index in [1.165, 1.54) is 0 Å². The minimum atomic E-state index is -0.726. The summed E-state index contributed by atoms with van der Waals surface area (Å²) in [6.45, 7) is 0. The highest BCUT2D eigenvalue weighted by atomic mass is 14.2. The second kappa shape index (κ2) is 9.03. The molecule has 0 heterocycles. The maximum Gasteiger partial charge on any atom is 0.0636 e. The summed E-state index contributed by atoms with van der Waals surface area (Å²) in [5.41, 5.74) is -0.363. The molecule has 9 aromatic rings. The highest BCUT2D eigenvalue weighted by Crippen LogP contribution is 2.47. The van der Waals surface area contributed by atoms with Gasteiger partial charge in [-0.1, -0.05) is 145 Å². The van der Waals surface area contributed by atoms with E-state index in [9.17, 15) is 8.22 Å². The molecule has 0 saturated carbocycles. The van der Waals surface area contributed by atoms with Gasteiger partial charge in [0.15, 0.2) is 0 Å². The predicted molar refractivity (Wildman–Crippen MR) is 182 cm³/mol. The van der Waals surface area contributed by atoms with Gasteiger partial charge < -0.3 is 0 Å². The van der Waals surface area contributed by atoms with Gasteiger partial charge in [0.05, 0.1) is 20.6 Å². The number of hydrogen-bond acceptors (Lipinski definition) is 0. The van der Waals surface area contributed by atoms with Gasteiger partial charge in [-0.15, -0.1) is 0 Å². The Balaban J connectivity index is 1.63. The zero-order valence-electron chi connectivity index (χ0n) is 36.9. The van der Waals surface area contributed by atoms with Crippen LogP contribution in [0.4, 0.5) is 0 Å². The third kappa shape index (κ3) is 3.36. The van der Waals surface area contributed by atoms with Crippen LogP contribution < -0.4 is 0 Å². The highest BCUT2D eigenvalue weighted by molar-refractivity contribution is 6.28. The summed E-state index contributed by atoms with van der Waals surface area (Å²) in [4.78, 5) is 0. The molecule has 0 bridgehead atoms. The molecular weight excluding hydrogens is 504 g/mol. The lowest BCUT2D eigenvalue weighted by molar-refractivity contribution is 1.69. The van der Waals surface area contributed by atoms with Gasteiger partial charge in [-0.2, -0.15) is 0 Å². The average Bonchev–Trinajstić information content (AvgIpc) is 3.21. The summed E-state index contributed by atoms with van der Waals surface area (Å²) in [6, 6.07) is 11.2. The van der Waals surface area contributed by atoms with Gasteiger partial charge in [-0.25, -0.2) is 0 Å². The summed E-state index contributed by atoms with van der Waals surface area (Å²) in [5, 5.41) is 3.31. The van der Waals surface area contributed by atoms with Crippen LogP contribution in [0.3, 0.4) is 0 Å². The van der Waals surface area contributed by atoms with E-state index in [0.29, 0.717) is 10.9 Å². The molecule has 0 amide bonds. The van der Waals surface area contributed by atoms with Crippen molar-refractivity contribution in [3.05, 3.63) is 157 Å². The van der Waals surface area contributed by atoms with Gasteiger partial charge in [0.1, 0.15) is 0 Å². The van der Waals surface area contributed by atoms with Crippen LogP contribution in [0.25, 0.3) is 86.9 Å². The maximum atomic E-state index is 9.46. The van der Waals surface area contributed by atoms with Gasteiger partial charge in [0, 0.05) is 0 Å². The van der Waals surface area contributed by atoms with Gasteiger partial charge >= 0.3 is 0 Å². The first-order chi connectivity index (χ1) is 27.1. The van der Waals surface area contributed by atoms with Crippen LogP contribution in [0, 0.1) is 0 Å². The molecule has 0 aliphatic heterocycles. The Morgan fingerprint density at radius 1 is 0.381 bits per heavy atom. The molecule has 0 aliphatic carbocycles. The van der Waals surface area contributed by atoms with Crippen LogP contribution in [-0.4, -0.2) is 0 Å². The van der Waals surface area contributed by atoms with Crippen LogP contribution in [0.1, 0.15) is 20.6 Å². The summed E-state index contributed by atoms with van der Waals surface area (Å²) in [7, 11) is 0. The van der Waals surface area contributed by atoms with Gasteiger partial charge in [-0.3, -0.25) is 0 Å². The first-order valence-corrected chi connectivity index (χ1v) is 13.4. The standard InChI is InChI=1S/C42H26/c1-2-13-29-25-30(23-21-27(29)11-1)41-35-17-7-9-19-37(35)42(38-20-10-8-18-36(38)41)39-26-31-24-22-28-12-3-4-14-32(28)40(31)34-16-6-5-15-33(34)39/h1-26H/i1D,2D,7D,8D,9D,10D,11D,13D,17D,18D,19D,20D,21D,23D,25D. The van der Waals surface area contributed by atoms with Gasteiger partial charge in [0.25, 0.3) is 0 Å². The van der Waals surface area contributed by atoms with Gasteiger partial charge in [0.2, 0.25) is 0 Å². The van der Waals surface area contributed by atoms with E-state index in [0.717, 1.165) is 26.9 Å². The minimum Gasteiger partial charge on any atom is -0.0616 e. The average molecular weight is 546 g/mol. The molecule has 0 radical (unpaired) electrons. The maximum absolute atomic E-state index is 9.46. The molecule has 0 aliphatic rings. The van der Waals surface area contributed by atoms with Crippen molar-refractivity contribution in [2.24, 2.45) is 0 Å². The van der Waals surface area contributed by atoms with E-state index in [4.69, 9.17) is 12.3 Å². The molecule has 42 heavy (non-hydrogen) atoms. The van der Waals surface area contributed by atoms with E-state index in [1.807, 2.05) is 60.7 Å². The van der Waals surface area contributed by atoms with E-state index in [-0.39, 0.29) is 32.7 Å². The number of hydrogen-bond donors (Lipinski definition) is 0. The monoisotopic (exact) mass is 545 g/mol. The van der Waals surface area contributed by atoms with E-state index in [1.54, 1.807) is 6.07 Å². The fourth-order valence-corrected chi connectivity index (χ4v) is 6.14. The normalized spacial score (nSPS) is 16.8. The second-order valence-electron chi connectivity index (χ2n) is 10.1. The van der Waals surface area contributed by atoms with Gasteiger partial charge in [-0.05, 0) is 99.0 Å². The number of benzene rings is 9. The second-order valence-corrected chi connectivity index (χ2v) is 10.1. The Morgan fingerprint density at radius 3 is 1.69 bits per heavy atom. The molecule has 9 rings (SSSR count). The van der Waals surface area contributed by atoms with Crippen LogP contribution >= 0.6 is 0 Å². The molecule has 0 unspecified atom stereocenters. The topological polar surface area (TPSA) is 0 Å². The van der Waals surface area contributed by atoms with Crippen molar-refractivity contribution >= 4 is 64.6 Å². The SMILES string of the molecule is [2H]c1c([2H])c([2H])c2c([2H])c(-c3c4c([2H])c([2H])c([2H])c([2H])c4c(-c4cc5ccc6ccccc6c5c5ccccc45)c4c([2H])c([2H])c([2H])c([2H])c34)c([2H])c([2H])c2c1[2H]. The fourth-order valence-electron chi connectivity index (χ4n) is 6.14. The van der Waals surface area contributed by atoms with Crippen molar-refractivity contribution < 1.29 is 20.6 Å². The minimum absolute atomic E-state index is 0.0703.